The van der Waals surface area contributed by atoms with Gasteiger partial charge in [0.15, 0.2) is 6.61 Å². The summed E-state index contributed by atoms with van der Waals surface area (Å²) in [6, 6.07) is 10.3. The molecule has 0 spiro atoms. The molecule has 6 nitrogen and oxygen atoms in total. The number of aryl methyl sites for hydroxylation is 1. The summed E-state index contributed by atoms with van der Waals surface area (Å²) in [6.45, 7) is 4.25. The Morgan fingerprint density at radius 2 is 1.79 bits per heavy atom. The van der Waals surface area contributed by atoms with E-state index in [4.69, 9.17) is 9.47 Å². The highest BCUT2D eigenvalue weighted by atomic mass is 16.5. The fourth-order valence-electron chi connectivity index (χ4n) is 3.90. The van der Waals surface area contributed by atoms with Crippen molar-refractivity contribution in [1.82, 2.24) is 9.47 Å². The third-order valence-corrected chi connectivity index (χ3v) is 5.76. The number of aromatic nitrogens is 1. The minimum atomic E-state index is -0.418. The molecule has 2 aliphatic rings. The fraction of sp³-hybridized carbons (Fsp3) is 0.478. The van der Waals surface area contributed by atoms with Crippen LogP contribution in [0.3, 0.4) is 0 Å². The molecule has 2 aliphatic carbocycles. The van der Waals surface area contributed by atoms with Crippen LogP contribution < -0.4 is 4.74 Å². The van der Waals surface area contributed by atoms with Gasteiger partial charge in [0.1, 0.15) is 5.75 Å². The number of carbonyl (C=O) groups excluding carboxylic acids is 2. The van der Waals surface area contributed by atoms with Gasteiger partial charge in [0.05, 0.1) is 12.7 Å². The Morgan fingerprint density at radius 1 is 1.10 bits per heavy atom. The smallest absolute Gasteiger partial charge is 0.340 e. The monoisotopic (exact) mass is 396 g/mol. The summed E-state index contributed by atoms with van der Waals surface area (Å²) < 4.78 is 12.8. The first-order valence-electron chi connectivity index (χ1n) is 10.3. The van der Waals surface area contributed by atoms with Gasteiger partial charge in [-0.25, -0.2) is 4.79 Å². The maximum absolute atomic E-state index is 12.8. The molecule has 0 aliphatic heterocycles. The SMILES string of the molecule is COc1ccc(CN(C(=O)COC(=O)c2cc(C)n(C3CC3)c2C)C2CC2)cc1. The van der Waals surface area contributed by atoms with Crippen LogP contribution in [0.2, 0.25) is 0 Å². The molecule has 1 amide bonds. The normalized spacial score (nSPS) is 15.8. The van der Waals surface area contributed by atoms with E-state index in [0.29, 0.717) is 18.2 Å². The summed E-state index contributed by atoms with van der Waals surface area (Å²) in [4.78, 5) is 27.2. The van der Waals surface area contributed by atoms with Gasteiger partial charge in [-0.05, 0) is 63.3 Å². The maximum atomic E-state index is 12.8. The van der Waals surface area contributed by atoms with Crippen molar-refractivity contribution < 1.29 is 19.1 Å². The van der Waals surface area contributed by atoms with Crippen molar-refractivity contribution in [1.29, 1.82) is 0 Å². The average Bonchev–Trinajstić information content (AvgIpc) is 3.63. The van der Waals surface area contributed by atoms with Gasteiger partial charge in [-0.1, -0.05) is 12.1 Å². The third kappa shape index (κ3) is 4.31. The largest absolute Gasteiger partial charge is 0.497 e. The van der Waals surface area contributed by atoms with Gasteiger partial charge in [-0.2, -0.15) is 0 Å². The third-order valence-electron chi connectivity index (χ3n) is 5.76. The maximum Gasteiger partial charge on any atom is 0.340 e. The van der Waals surface area contributed by atoms with Crippen molar-refractivity contribution in [2.24, 2.45) is 0 Å². The number of ether oxygens (including phenoxy) is 2. The zero-order valence-electron chi connectivity index (χ0n) is 17.3. The number of benzene rings is 1. The molecule has 4 rings (SSSR count). The van der Waals surface area contributed by atoms with Gasteiger partial charge in [0.2, 0.25) is 0 Å². The van der Waals surface area contributed by atoms with Gasteiger partial charge in [0.25, 0.3) is 5.91 Å². The standard InChI is InChI=1S/C23H28N2O4/c1-15-12-21(16(2)25(15)19-8-9-19)23(27)29-14-22(26)24(18-6-7-18)13-17-4-10-20(28-3)11-5-17/h4-5,10-12,18-19H,6-9,13-14H2,1-3H3. The molecular weight excluding hydrogens is 368 g/mol. The molecule has 1 heterocycles. The van der Waals surface area contributed by atoms with E-state index in [0.717, 1.165) is 48.4 Å². The second kappa shape index (κ2) is 7.93. The summed E-state index contributed by atoms with van der Waals surface area (Å²) in [5.41, 5.74) is 3.60. The highest BCUT2D eigenvalue weighted by molar-refractivity contribution is 5.92. The summed E-state index contributed by atoms with van der Waals surface area (Å²) >= 11 is 0. The molecule has 6 heteroatoms. The van der Waals surface area contributed by atoms with Gasteiger partial charge in [0, 0.05) is 30.0 Å². The number of hydrogen-bond donors (Lipinski definition) is 0. The van der Waals surface area contributed by atoms with Crippen molar-refractivity contribution in [3.05, 3.63) is 52.8 Å². The molecule has 0 radical (unpaired) electrons. The van der Waals surface area contributed by atoms with Crippen LogP contribution in [0.15, 0.2) is 30.3 Å². The van der Waals surface area contributed by atoms with E-state index < -0.39 is 5.97 Å². The van der Waals surface area contributed by atoms with Crippen molar-refractivity contribution in [3.63, 3.8) is 0 Å². The zero-order valence-corrected chi connectivity index (χ0v) is 17.3. The summed E-state index contributed by atoms with van der Waals surface area (Å²) in [6.07, 6.45) is 4.31. The minimum absolute atomic E-state index is 0.146. The molecule has 0 unspecified atom stereocenters. The molecular formula is C23H28N2O4. The topological polar surface area (TPSA) is 60.8 Å². The summed E-state index contributed by atoms with van der Waals surface area (Å²) in [7, 11) is 1.63. The van der Waals surface area contributed by atoms with E-state index in [2.05, 4.69) is 4.57 Å². The molecule has 29 heavy (non-hydrogen) atoms. The number of hydrogen-bond acceptors (Lipinski definition) is 4. The number of esters is 1. The number of carbonyl (C=O) groups is 2. The van der Waals surface area contributed by atoms with E-state index >= 15 is 0 Å². The van der Waals surface area contributed by atoms with Gasteiger partial charge in [-0.3, -0.25) is 4.79 Å². The molecule has 154 valence electrons. The molecule has 1 aromatic heterocycles. The number of amides is 1. The van der Waals surface area contributed by atoms with Gasteiger partial charge < -0.3 is 18.9 Å². The van der Waals surface area contributed by atoms with Crippen LogP contribution in [0, 0.1) is 13.8 Å². The van der Waals surface area contributed by atoms with Crippen LogP contribution in [0.1, 0.15) is 59.0 Å². The molecule has 2 aromatic rings. The van der Waals surface area contributed by atoms with Crippen LogP contribution in [0.5, 0.6) is 5.75 Å². The molecule has 0 saturated heterocycles. The van der Waals surface area contributed by atoms with Gasteiger partial charge >= 0.3 is 5.97 Å². The Morgan fingerprint density at radius 3 is 2.38 bits per heavy atom. The zero-order chi connectivity index (χ0) is 20.5. The van der Waals surface area contributed by atoms with Crippen LogP contribution in [-0.4, -0.2) is 41.1 Å². The van der Waals surface area contributed by atoms with Crippen molar-refractivity contribution in [2.45, 2.75) is 58.2 Å². The van der Waals surface area contributed by atoms with Crippen LogP contribution in [0.4, 0.5) is 0 Å². The Hall–Kier alpha value is -2.76. The number of rotatable bonds is 8. The predicted octanol–water partition coefficient (Wildman–Crippen LogP) is 3.80. The molecule has 0 N–H and O–H groups in total. The first-order valence-corrected chi connectivity index (χ1v) is 10.3. The van der Waals surface area contributed by atoms with Crippen LogP contribution in [-0.2, 0) is 16.1 Å². The predicted molar refractivity (Wildman–Crippen MR) is 109 cm³/mol. The molecule has 0 atom stereocenters. The van der Waals surface area contributed by atoms with Crippen molar-refractivity contribution in [2.75, 3.05) is 13.7 Å². The van der Waals surface area contributed by atoms with E-state index in [-0.39, 0.29) is 18.6 Å². The number of nitrogens with zero attached hydrogens (tertiary/aromatic N) is 2. The van der Waals surface area contributed by atoms with E-state index in [9.17, 15) is 9.59 Å². The van der Waals surface area contributed by atoms with E-state index in [1.807, 2.05) is 49.1 Å². The summed E-state index contributed by atoms with van der Waals surface area (Å²) in [5.74, 6) is 0.224. The first kappa shape index (κ1) is 19.6. The molecule has 2 fully saturated rings. The lowest BCUT2D eigenvalue weighted by molar-refractivity contribution is -0.135. The average molecular weight is 396 g/mol. The van der Waals surface area contributed by atoms with Gasteiger partial charge in [-0.15, -0.1) is 0 Å². The van der Waals surface area contributed by atoms with Crippen molar-refractivity contribution >= 4 is 11.9 Å². The first-order chi connectivity index (χ1) is 14.0. The fourth-order valence-corrected chi connectivity index (χ4v) is 3.90. The second-order valence-electron chi connectivity index (χ2n) is 8.06. The lowest BCUT2D eigenvalue weighted by Gasteiger charge is -2.22. The minimum Gasteiger partial charge on any atom is -0.497 e. The van der Waals surface area contributed by atoms with Crippen LogP contribution in [0.25, 0.3) is 0 Å². The molecule has 0 bridgehead atoms. The molecule has 2 saturated carbocycles. The summed E-state index contributed by atoms with van der Waals surface area (Å²) in [5, 5.41) is 0. The Labute approximate surface area is 171 Å². The quantitative estimate of drug-likeness (QED) is 0.637. The highest BCUT2D eigenvalue weighted by Gasteiger charge is 2.33. The van der Waals surface area contributed by atoms with Crippen LogP contribution >= 0.6 is 0 Å². The van der Waals surface area contributed by atoms with E-state index in [1.165, 1.54) is 0 Å². The molecule has 1 aromatic carbocycles. The Bertz CT molecular complexity index is 908. The number of methoxy groups -OCH3 is 1. The second-order valence-corrected chi connectivity index (χ2v) is 8.06. The van der Waals surface area contributed by atoms with Crippen molar-refractivity contribution in [3.8, 4) is 5.75 Å². The Balaban J connectivity index is 1.38. The Kier molecular flexibility index (Phi) is 5.35. The lowest BCUT2D eigenvalue weighted by atomic mass is 10.2. The van der Waals surface area contributed by atoms with E-state index in [1.54, 1.807) is 7.11 Å². The highest BCUT2D eigenvalue weighted by Crippen LogP contribution is 2.38. The lowest BCUT2D eigenvalue weighted by Crippen LogP contribution is -2.36.